The van der Waals surface area contributed by atoms with E-state index in [2.05, 4.69) is 21.2 Å². The van der Waals surface area contributed by atoms with Gasteiger partial charge in [-0.05, 0) is 30.9 Å². The van der Waals surface area contributed by atoms with E-state index in [-0.39, 0.29) is 12.0 Å². The van der Waals surface area contributed by atoms with Crippen LogP contribution in [0.15, 0.2) is 28.7 Å². The van der Waals surface area contributed by atoms with Crippen LogP contribution in [0.3, 0.4) is 0 Å². The zero-order valence-corrected chi connectivity index (χ0v) is 11.9. The molecule has 1 saturated heterocycles. The van der Waals surface area contributed by atoms with E-state index in [0.717, 1.165) is 29.5 Å². The normalized spacial score (nSPS) is 19.5. The molecule has 1 fully saturated rings. The van der Waals surface area contributed by atoms with Crippen molar-refractivity contribution >= 4 is 21.8 Å². The lowest BCUT2D eigenvalue weighted by Gasteiger charge is -2.22. The number of rotatable bonds is 4. The molecule has 1 amide bonds. The van der Waals surface area contributed by atoms with Crippen molar-refractivity contribution in [3.8, 4) is 0 Å². The SMILES string of the molecule is O=C(CC1CCCCO1)NCc1ccccc1Br. The Bertz CT molecular complexity index is 403. The van der Waals surface area contributed by atoms with Gasteiger partial charge in [0.1, 0.15) is 0 Å². The predicted molar refractivity (Wildman–Crippen MR) is 74.2 cm³/mol. The second-order valence-electron chi connectivity index (χ2n) is 4.56. The topological polar surface area (TPSA) is 38.3 Å². The molecular formula is C14H18BrNO2. The molecule has 2 rings (SSSR count). The molecule has 0 spiro atoms. The van der Waals surface area contributed by atoms with Crippen LogP contribution >= 0.6 is 15.9 Å². The second kappa shape index (κ2) is 6.90. The Labute approximate surface area is 116 Å². The van der Waals surface area contributed by atoms with Gasteiger partial charge in [0.05, 0.1) is 12.5 Å². The summed E-state index contributed by atoms with van der Waals surface area (Å²) in [6.07, 6.45) is 3.88. The van der Waals surface area contributed by atoms with Crippen LogP contribution in [0.2, 0.25) is 0 Å². The molecule has 1 heterocycles. The number of benzene rings is 1. The van der Waals surface area contributed by atoms with Crippen molar-refractivity contribution in [2.45, 2.75) is 38.3 Å². The molecule has 0 aromatic heterocycles. The fourth-order valence-electron chi connectivity index (χ4n) is 2.08. The number of hydrogen-bond donors (Lipinski definition) is 1. The van der Waals surface area contributed by atoms with E-state index in [9.17, 15) is 4.79 Å². The van der Waals surface area contributed by atoms with Crippen molar-refractivity contribution in [1.82, 2.24) is 5.32 Å². The molecular weight excluding hydrogens is 294 g/mol. The van der Waals surface area contributed by atoms with Gasteiger partial charge in [-0.15, -0.1) is 0 Å². The molecule has 1 N–H and O–H groups in total. The van der Waals surface area contributed by atoms with Gasteiger partial charge in [-0.25, -0.2) is 0 Å². The first kappa shape index (κ1) is 13.6. The molecule has 1 aromatic rings. The summed E-state index contributed by atoms with van der Waals surface area (Å²) in [7, 11) is 0. The quantitative estimate of drug-likeness (QED) is 0.928. The Hall–Kier alpha value is -0.870. The fourth-order valence-corrected chi connectivity index (χ4v) is 2.51. The maximum Gasteiger partial charge on any atom is 0.222 e. The Morgan fingerprint density at radius 1 is 1.39 bits per heavy atom. The van der Waals surface area contributed by atoms with Gasteiger partial charge in [0.2, 0.25) is 5.91 Å². The Morgan fingerprint density at radius 2 is 2.22 bits per heavy atom. The summed E-state index contributed by atoms with van der Waals surface area (Å²) in [4.78, 5) is 11.8. The van der Waals surface area contributed by atoms with Crippen molar-refractivity contribution in [2.24, 2.45) is 0 Å². The largest absolute Gasteiger partial charge is 0.378 e. The Balaban J connectivity index is 1.76. The first-order valence-corrected chi connectivity index (χ1v) is 7.16. The number of carbonyl (C=O) groups is 1. The minimum Gasteiger partial charge on any atom is -0.378 e. The number of hydrogen-bond acceptors (Lipinski definition) is 2. The van der Waals surface area contributed by atoms with Crippen LogP contribution in [-0.4, -0.2) is 18.6 Å². The highest BCUT2D eigenvalue weighted by molar-refractivity contribution is 9.10. The first-order chi connectivity index (χ1) is 8.75. The van der Waals surface area contributed by atoms with Crippen LogP contribution < -0.4 is 5.32 Å². The zero-order valence-electron chi connectivity index (χ0n) is 10.3. The minimum atomic E-state index is 0.0673. The Morgan fingerprint density at radius 3 is 2.94 bits per heavy atom. The lowest BCUT2D eigenvalue weighted by atomic mass is 10.1. The molecule has 1 unspecified atom stereocenters. The number of halogens is 1. The number of carbonyl (C=O) groups excluding carboxylic acids is 1. The third-order valence-electron chi connectivity index (χ3n) is 3.12. The third kappa shape index (κ3) is 4.10. The van der Waals surface area contributed by atoms with E-state index in [4.69, 9.17) is 4.74 Å². The smallest absolute Gasteiger partial charge is 0.222 e. The highest BCUT2D eigenvalue weighted by atomic mass is 79.9. The average molecular weight is 312 g/mol. The molecule has 18 heavy (non-hydrogen) atoms. The van der Waals surface area contributed by atoms with E-state index < -0.39 is 0 Å². The van der Waals surface area contributed by atoms with Crippen molar-refractivity contribution in [1.29, 1.82) is 0 Å². The second-order valence-corrected chi connectivity index (χ2v) is 5.42. The minimum absolute atomic E-state index is 0.0673. The standard InChI is InChI=1S/C14H18BrNO2/c15-13-7-2-1-5-11(13)10-16-14(17)9-12-6-3-4-8-18-12/h1-2,5,7,12H,3-4,6,8-10H2,(H,16,17). The average Bonchev–Trinajstić information content (AvgIpc) is 2.39. The molecule has 0 bridgehead atoms. The third-order valence-corrected chi connectivity index (χ3v) is 3.89. The first-order valence-electron chi connectivity index (χ1n) is 6.37. The highest BCUT2D eigenvalue weighted by Gasteiger charge is 2.17. The summed E-state index contributed by atoms with van der Waals surface area (Å²) in [5, 5.41) is 2.94. The lowest BCUT2D eigenvalue weighted by Crippen LogP contribution is -2.30. The summed E-state index contributed by atoms with van der Waals surface area (Å²) in [6, 6.07) is 7.91. The van der Waals surface area contributed by atoms with E-state index in [1.807, 2.05) is 24.3 Å². The molecule has 1 aromatic carbocycles. The summed E-state index contributed by atoms with van der Waals surface area (Å²) in [6.45, 7) is 1.36. The van der Waals surface area contributed by atoms with E-state index in [0.29, 0.717) is 13.0 Å². The van der Waals surface area contributed by atoms with E-state index in [1.54, 1.807) is 0 Å². The number of amides is 1. The van der Waals surface area contributed by atoms with Crippen molar-refractivity contribution in [3.05, 3.63) is 34.3 Å². The van der Waals surface area contributed by atoms with Gasteiger partial charge < -0.3 is 10.1 Å². The molecule has 0 aliphatic carbocycles. The molecule has 98 valence electrons. The maximum absolute atomic E-state index is 11.8. The summed E-state index contributed by atoms with van der Waals surface area (Å²) < 4.78 is 6.58. The monoisotopic (exact) mass is 311 g/mol. The molecule has 1 atom stereocenters. The molecule has 0 radical (unpaired) electrons. The fraction of sp³-hybridized carbons (Fsp3) is 0.500. The van der Waals surface area contributed by atoms with Crippen molar-refractivity contribution in [2.75, 3.05) is 6.61 Å². The summed E-state index contributed by atoms with van der Waals surface area (Å²) in [5.41, 5.74) is 1.09. The molecule has 1 aliphatic heterocycles. The number of ether oxygens (including phenoxy) is 1. The zero-order chi connectivity index (χ0) is 12.8. The molecule has 1 aliphatic rings. The van der Waals surface area contributed by atoms with Gasteiger partial charge in [-0.2, -0.15) is 0 Å². The predicted octanol–water partition coefficient (Wildman–Crippen LogP) is 3.02. The van der Waals surface area contributed by atoms with Gasteiger partial charge in [0.25, 0.3) is 0 Å². The van der Waals surface area contributed by atoms with Gasteiger partial charge in [-0.3, -0.25) is 4.79 Å². The lowest BCUT2D eigenvalue weighted by molar-refractivity contribution is -0.125. The van der Waals surface area contributed by atoms with Gasteiger partial charge in [0.15, 0.2) is 0 Å². The summed E-state index contributed by atoms with van der Waals surface area (Å²) >= 11 is 3.47. The molecule has 0 saturated carbocycles. The van der Waals surface area contributed by atoms with Crippen LogP contribution in [0.1, 0.15) is 31.2 Å². The molecule has 3 nitrogen and oxygen atoms in total. The highest BCUT2D eigenvalue weighted by Crippen LogP contribution is 2.17. The summed E-state index contributed by atoms with van der Waals surface area (Å²) in [5.74, 6) is 0.0673. The van der Waals surface area contributed by atoms with Crippen LogP contribution in [0.25, 0.3) is 0 Å². The molecule has 4 heteroatoms. The van der Waals surface area contributed by atoms with E-state index in [1.165, 1.54) is 6.42 Å². The van der Waals surface area contributed by atoms with Crippen molar-refractivity contribution in [3.63, 3.8) is 0 Å². The van der Waals surface area contributed by atoms with Crippen molar-refractivity contribution < 1.29 is 9.53 Å². The van der Waals surface area contributed by atoms with Crippen LogP contribution in [0, 0.1) is 0 Å². The van der Waals surface area contributed by atoms with Crippen LogP contribution in [0.5, 0.6) is 0 Å². The maximum atomic E-state index is 11.8. The van der Waals surface area contributed by atoms with E-state index >= 15 is 0 Å². The van der Waals surface area contributed by atoms with Crippen LogP contribution in [-0.2, 0) is 16.1 Å². The Kier molecular flexibility index (Phi) is 5.20. The van der Waals surface area contributed by atoms with Crippen LogP contribution in [0.4, 0.5) is 0 Å². The van der Waals surface area contributed by atoms with Gasteiger partial charge in [-0.1, -0.05) is 34.1 Å². The van der Waals surface area contributed by atoms with Gasteiger partial charge >= 0.3 is 0 Å². The number of nitrogens with one attached hydrogen (secondary N) is 1. The van der Waals surface area contributed by atoms with Gasteiger partial charge in [0, 0.05) is 17.6 Å².